The van der Waals surface area contributed by atoms with Gasteiger partial charge in [-0.2, -0.15) is 0 Å². The van der Waals surface area contributed by atoms with E-state index in [4.69, 9.17) is 9.15 Å². The third kappa shape index (κ3) is 1.83. The molecule has 4 heteroatoms. The van der Waals surface area contributed by atoms with Gasteiger partial charge in [-0.15, -0.1) is 0 Å². The van der Waals surface area contributed by atoms with Crippen molar-refractivity contribution in [3.63, 3.8) is 0 Å². The lowest BCUT2D eigenvalue weighted by atomic mass is 10.0. The van der Waals surface area contributed by atoms with Crippen LogP contribution in [0.2, 0.25) is 0 Å². The zero-order valence-corrected chi connectivity index (χ0v) is 10.1. The van der Waals surface area contributed by atoms with E-state index in [1.807, 2.05) is 25.2 Å². The van der Waals surface area contributed by atoms with E-state index in [0.717, 1.165) is 23.6 Å². The summed E-state index contributed by atoms with van der Waals surface area (Å²) in [5.41, 5.74) is 2.99. The topological polar surface area (TPSA) is 47.3 Å². The summed E-state index contributed by atoms with van der Waals surface area (Å²) < 4.78 is 11.3. The fraction of sp³-hybridized carbons (Fsp3) is 0.462. The smallest absolute Gasteiger partial charge is 0.202 e. The van der Waals surface area contributed by atoms with Gasteiger partial charge in [0.1, 0.15) is 5.52 Å². The Morgan fingerprint density at radius 1 is 1.35 bits per heavy atom. The third-order valence-electron chi connectivity index (χ3n) is 3.33. The molecule has 4 nitrogen and oxygen atoms in total. The van der Waals surface area contributed by atoms with Gasteiger partial charge in [-0.3, -0.25) is 0 Å². The van der Waals surface area contributed by atoms with E-state index < -0.39 is 0 Å². The van der Waals surface area contributed by atoms with E-state index in [0.29, 0.717) is 12.6 Å². The van der Waals surface area contributed by atoms with Crippen molar-refractivity contribution < 1.29 is 9.15 Å². The van der Waals surface area contributed by atoms with Crippen LogP contribution in [0.4, 0.5) is 0 Å². The number of hydrogen-bond donors (Lipinski definition) is 1. The molecule has 1 fully saturated rings. The summed E-state index contributed by atoms with van der Waals surface area (Å²) in [6.07, 6.45) is 0. The molecule has 17 heavy (non-hydrogen) atoms. The van der Waals surface area contributed by atoms with Crippen molar-refractivity contribution in [3.05, 3.63) is 29.7 Å². The Labute approximate surface area is 100.0 Å². The quantitative estimate of drug-likeness (QED) is 0.858. The molecular weight excluding hydrogens is 216 g/mol. The number of nitrogens with zero attached hydrogens (tertiary/aromatic N) is 1. The van der Waals surface area contributed by atoms with E-state index in [1.54, 1.807) is 0 Å². The molecule has 0 radical (unpaired) electrons. The molecule has 0 bridgehead atoms. The van der Waals surface area contributed by atoms with Gasteiger partial charge in [-0.25, -0.2) is 4.98 Å². The molecule has 1 aliphatic heterocycles. The highest BCUT2D eigenvalue weighted by molar-refractivity contribution is 5.73. The fourth-order valence-corrected chi connectivity index (χ4v) is 2.30. The predicted molar refractivity (Wildman–Crippen MR) is 65.2 cm³/mol. The number of ether oxygens (including phenoxy) is 1. The summed E-state index contributed by atoms with van der Waals surface area (Å²) in [6.45, 7) is 3.46. The lowest BCUT2D eigenvalue weighted by Gasteiger charge is -2.12. The van der Waals surface area contributed by atoms with Crippen LogP contribution in [0.1, 0.15) is 17.4 Å². The lowest BCUT2D eigenvalue weighted by Crippen LogP contribution is -2.31. The van der Waals surface area contributed by atoms with E-state index in [9.17, 15) is 0 Å². The summed E-state index contributed by atoms with van der Waals surface area (Å²) >= 11 is 0. The van der Waals surface area contributed by atoms with E-state index >= 15 is 0 Å². The van der Waals surface area contributed by atoms with Crippen LogP contribution in [-0.2, 0) is 4.74 Å². The van der Waals surface area contributed by atoms with Crippen molar-refractivity contribution in [2.24, 2.45) is 0 Å². The second-order valence-electron chi connectivity index (χ2n) is 4.56. The van der Waals surface area contributed by atoms with Gasteiger partial charge in [0.15, 0.2) is 5.58 Å². The van der Waals surface area contributed by atoms with Crippen molar-refractivity contribution in [1.82, 2.24) is 10.3 Å². The summed E-state index contributed by atoms with van der Waals surface area (Å²) in [6, 6.07) is 6.36. The first kappa shape index (κ1) is 10.7. The minimum Gasteiger partial charge on any atom is -0.440 e. The fourth-order valence-electron chi connectivity index (χ4n) is 2.30. The van der Waals surface area contributed by atoms with Crippen LogP contribution >= 0.6 is 0 Å². The van der Waals surface area contributed by atoms with Gasteiger partial charge >= 0.3 is 0 Å². The number of benzene rings is 1. The molecule has 1 saturated heterocycles. The Morgan fingerprint density at radius 3 is 3.06 bits per heavy atom. The molecule has 1 aliphatic rings. The number of nitrogens with one attached hydrogen (secondary N) is 1. The standard InChI is InChI=1S/C13H16N2O2/c1-8-3-4-12-10(5-8)15-13(17-12)9-6-16-7-11(9)14-2/h3-5,9,11,14H,6-7H2,1-2H3. The lowest BCUT2D eigenvalue weighted by molar-refractivity contribution is 0.186. The minimum atomic E-state index is 0.215. The molecule has 3 rings (SSSR count). The maximum absolute atomic E-state index is 5.81. The molecule has 0 saturated carbocycles. The number of rotatable bonds is 2. The summed E-state index contributed by atoms with van der Waals surface area (Å²) in [7, 11) is 1.94. The highest BCUT2D eigenvalue weighted by Gasteiger charge is 2.32. The van der Waals surface area contributed by atoms with Crippen molar-refractivity contribution in [2.45, 2.75) is 18.9 Å². The predicted octanol–water partition coefficient (Wildman–Crippen LogP) is 1.84. The van der Waals surface area contributed by atoms with E-state index in [2.05, 4.69) is 17.2 Å². The first-order valence-corrected chi connectivity index (χ1v) is 5.90. The van der Waals surface area contributed by atoms with E-state index in [1.165, 1.54) is 5.56 Å². The van der Waals surface area contributed by atoms with Crippen molar-refractivity contribution in [1.29, 1.82) is 0 Å². The number of aromatic nitrogens is 1. The molecule has 2 heterocycles. The zero-order valence-electron chi connectivity index (χ0n) is 10.1. The maximum Gasteiger partial charge on any atom is 0.202 e. The second-order valence-corrected chi connectivity index (χ2v) is 4.56. The molecule has 90 valence electrons. The maximum atomic E-state index is 5.81. The van der Waals surface area contributed by atoms with Gasteiger partial charge in [-0.1, -0.05) is 6.07 Å². The van der Waals surface area contributed by atoms with Gasteiger partial charge in [-0.05, 0) is 31.7 Å². The highest BCUT2D eigenvalue weighted by atomic mass is 16.5. The molecule has 1 N–H and O–H groups in total. The number of oxazole rings is 1. The van der Waals surface area contributed by atoms with Gasteiger partial charge in [0.25, 0.3) is 0 Å². The van der Waals surface area contributed by atoms with Gasteiger partial charge < -0.3 is 14.5 Å². The third-order valence-corrected chi connectivity index (χ3v) is 3.33. The Bertz CT molecular complexity index is 535. The van der Waals surface area contributed by atoms with Crippen LogP contribution in [-0.4, -0.2) is 31.3 Å². The van der Waals surface area contributed by atoms with Crippen molar-refractivity contribution >= 4 is 11.1 Å². The summed E-state index contributed by atoms with van der Waals surface area (Å²) in [5, 5.41) is 3.24. The normalized spacial score (nSPS) is 24.6. The van der Waals surface area contributed by atoms with Crippen LogP contribution in [0.3, 0.4) is 0 Å². The van der Waals surface area contributed by atoms with Crippen LogP contribution in [0.15, 0.2) is 22.6 Å². The molecule has 0 amide bonds. The Kier molecular flexibility index (Phi) is 2.61. The molecule has 0 spiro atoms. The number of aryl methyl sites for hydroxylation is 1. The molecular formula is C13H16N2O2. The number of fused-ring (bicyclic) bond motifs is 1. The number of hydrogen-bond acceptors (Lipinski definition) is 4. The van der Waals surface area contributed by atoms with Gasteiger partial charge in [0.05, 0.1) is 19.1 Å². The van der Waals surface area contributed by atoms with Gasteiger partial charge in [0.2, 0.25) is 5.89 Å². The van der Waals surface area contributed by atoms with Gasteiger partial charge in [0, 0.05) is 6.04 Å². The molecule has 2 aromatic rings. The van der Waals surface area contributed by atoms with Crippen LogP contribution < -0.4 is 5.32 Å². The highest BCUT2D eigenvalue weighted by Crippen LogP contribution is 2.28. The largest absolute Gasteiger partial charge is 0.440 e. The van der Waals surface area contributed by atoms with Crippen molar-refractivity contribution in [3.8, 4) is 0 Å². The Morgan fingerprint density at radius 2 is 2.24 bits per heavy atom. The molecule has 2 atom stereocenters. The monoisotopic (exact) mass is 232 g/mol. The summed E-state index contributed by atoms with van der Waals surface area (Å²) in [4.78, 5) is 4.57. The second kappa shape index (κ2) is 4.13. The number of likely N-dealkylation sites (N-methyl/N-ethyl adjacent to an activating group) is 1. The molecule has 1 aromatic heterocycles. The minimum absolute atomic E-state index is 0.215. The Hall–Kier alpha value is -1.39. The average molecular weight is 232 g/mol. The van der Waals surface area contributed by atoms with Crippen LogP contribution in [0.25, 0.3) is 11.1 Å². The SMILES string of the molecule is CNC1COCC1c1nc2cc(C)ccc2o1. The average Bonchev–Trinajstić information content (AvgIpc) is 2.93. The first-order valence-electron chi connectivity index (χ1n) is 5.90. The molecule has 1 aromatic carbocycles. The zero-order chi connectivity index (χ0) is 11.8. The molecule has 0 aliphatic carbocycles. The van der Waals surface area contributed by atoms with Crippen molar-refractivity contribution in [2.75, 3.05) is 20.3 Å². The van der Waals surface area contributed by atoms with Crippen LogP contribution in [0, 0.1) is 6.92 Å². The van der Waals surface area contributed by atoms with Crippen LogP contribution in [0.5, 0.6) is 0 Å². The van der Waals surface area contributed by atoms with E-state index in [-0.39, 0.29) is 5.92 Å². The Balaban J connectivity index is 2.00. The first-order chi connectivity index (χ1) is 8.28. The summed E-state index contributed by atoms with van der Waals surface area (Å²) in [5.74, 6) is 0.996. The molecule has 2 unspecified atom stereocenters.